The second-order valence-electron chi connectivity index (χ2n) is 17.4. The van der Waals surface area contributed by atoms with Gasteiger partial charge in [0.1, 0.15) is 23.8 Å². The van der Waals surface area contributed by atoms with E-state index in [2.05, 4.69) is 27.5 Å². The van der Waals surface area contributed by atoms with Gasteiger partial charge in [-0.15, -0.1) is 5.10 Å². The number of Topliss-reactive ketones (excluding diaryl/α,β-unsaturated/α-hetero) is 1. The average molecular weight is 894 g/mol. The van der Waals surface area contributed by atoms with E-state index in [9.17, 15) is 19.5 Å². The van der Waals surface area contributed by atoms with Crippen LogP contribution in [0.5, 0.6) is 0 Å². The van der Waals surface area contributed by atoms with Gasteiger partial charge in [-0.05, 0) is 105 Å². The Hall–Kier alpha value is -3.54. The van der Waals surface area contributed by atoms with Gasteiger partial charge in [0.2, 0.25) is 0 Å². The summed E-state index contributed by atoms with van der Waals surface area (Å²) < 4.78 is 33.3. The predicted molar refractivity (Wildman–Crippen MR) is 249 cm³/mol. The van der Waals surface area contributed by atoms with Gasteiger partial charge in [-0.1, -0.05) is 69.2 Å². The molecule has 3 aliphatic rings. The third kappa shape index (κ3) is 13.3. The molecule has 0 radical (unpaired) electrons. The summed E-state index contributed by atoms with van der Waals surface area (Å²) in [5.74, 6) is -3.15. The summed E-state index contributed by atoms with van der Waals surface area (Å²) in [6, 6.07) is 4.61. The van der Waals surface area contributed by atoms with Crippen LogP contribution in [0.1, 0.15) is 125 Å². The Labute approximate surface area is 380 Å². The minimum absolute atomic E-state index is 0. The van der Waals surface area contributed by atoms with E-state index in [1.165, 1.54) is 6.92 Å². The number of likely N-dealkylation sites (N-methyl/N-ethyl adjacent to an activating group) is 1. The number of rotatable bonds is 11. The summed E-state index contributed by atoms with van der Waals surface area (Å²) in [5.41, 5.74) is -0.833. The van der Waals surface area contributed by atoms with Crippen LogP contribution in [0.2, 0.25) is 0 Å². The smallest absolute Gasteiger partial charge is 0.410 e. The summed E-state index contributed by atoms with van der Waals surface area (Å²) in [7, 11) is 5.39. The molecule has 3 aliphatic heterocycles. The number of ketones is 1. The molecule has 2 aromatic heterocycles. The normalized spacial score (nSPS) is 34.0. The molecule has 5 rings (SSSR count). The fourth-order valence-corrected chi connectivity index (χ4v) is 9.25. The number of aromatic nitrogens is 4. The molecule has 16 heteroatoms. The second kappa shape index (κ2) is 25.2. The number of amides is 1. The van der Waals surface area contributed by atoms with Gasteiger partial charge in [-0.3, -0.25) is 24.2 Å². The molecule has 3 fully saturated rings. The Bertz CT molecular complexity index is 1680. The summed E-state index contributed by atoms with van der Waals surface area (Å²) in [5, 5.41) is 23.6. The molecule has 0 bridgehead atoms. The Morgan fingerprint density at radius 3 is 2.25 bits per heavy atom. The van der Waals surface area contributed by atoms with E-state index in [0.717, 1.165) is 12.1 Å². The quantitative estimate of drug-likeness (QED) is 0.131. The number of aliphatic hydroxyl groups is 1. The third-order valence-corrected chi connectivity index (χ3v) is 12.6. The van der Waals surface area contributed by atoms with E-state index >= 15 is 0 Å². The number of fused-ring (bicyclic) bond motifs is 1. The summed E-state index contributed by atoms with van der Waals surface area (Å²) in [4.78, 5) is 50.2. The zero-order chi connectivity index (χ0) is 42.5. The van der Waals surface area contributed by atoms with Crippen LogP contribution in [0.15, 0.2) is 30.6 Å². The number of esters is 1. The molecule has 1 amide bonds. The standard InChI is InChI=1S/C42H67N7O9.5CH4/c1-12-33-42(8)36(49(40(53)58-42)20-16-15-19-48-24-31(45-46-48)30-17-13-14-18-43-30)29(6)44-23-25(2)22-41(7,54-11)37(27(4)34(50)28(5)38(52)56-33)57-39-35(51)32(47(9)10)21-26(3)55-39;;;;;/h13-14,17-18,24-29,32-33,35-37,39,44,51H,12,15-16,19-23H2,1-11H3;5*1H4/t25-,26?,27-,28?,29-,32?,33-,35?,36-,37-,39+,41-,42-;;;;;/m1...../s1. The van der Waals surface area contributed by atoms with Crippen molar-refractivity contribution < 1.29 is 43.2 Å². The van der Waals surface area contributed by atoms with Crippen molar-refractivity contribution in [3.8, 4) is 11.4 Å². The molecular weight excluding hydrogens is 807 g/mol. The van der Waals surface area contributed by atoms with Crippen molar-refractivity contribution in [2.75, 3.05) is 34.3 Å². The maximum atomic E-state index is 14.4. The van der Waals surface area contributed by atoms with Crippen LogP contribution in [-0.2, 0) is 39.8 Å². The lowest BCUT2D eigenvalue weighted by Gasteiger charge is -2.46. The highest BCUT2D eigenvalue weighted by atomic mass is 16.7. The number of aliphatic hydroxyl groups excluding tert-OH is 1. The van der Waals surface area contributed by atoms with Crippen LogP contribution < -0.4 is 5.32 Å². The molecule has 0 aromatic carbocycles. The molecular formula is C47H87N7O9. The molecule has 13 atom stereocenters. The number of pyridine rings is 1. The lowest BCUT2D eigenvalue weighted by Crippen LogP contribution is -2.61. The van der Waals surface area contributed by atoms with Gasteiger partial charge >= 0.3 is 12.1 Å². The zero-order valence-corrected chi connectivity index (χ0v) is 36.3. The molecule has 0 spiro atoms. The Morgan fingerprint density at radius 2 is 1.65 bits per heavy atom. The predicted octanol–water partition coefficient (Wildman–Crippen LogP) is 7.28. The zero-order valence-electron chi connectivity index (χ0n) is 36.3. The first-order chi connectivity index (χ1) is 27.4. The highest BCUT2D eigenvalue weighted by Crippen LogP contribution is 2.40. The number of carbonyl (C=O) groups excluding carboxylic acids is 3. The van der Waals surface area contributed by atoms with Crippen LogP contribution in [0, 0.1) is 17.8 Å². The minimum Gasteiger partial charge on any atom is -0.458 e. The molecule has 5 heterocycles. The monoisotopic (exact) mass is 894 g/mol. The number of hydrogen-bond acceptors (Lipinski definition) is 14. The summed E-state index contributed by atoms with van der Waals surface area (Å²) in [6.45, 7) is 16.4. The van der Waals surface area contributed by atoms with E-state index < -0.39 is 71.5 Å². The third-order valence-electron chi connectivity index (χ3n) is 12.6. The van der Waals surface area contributed by atoms with Crippen molar-refractivity contribution in [1.82, 2.24) is 35.1 Å². The summed E-state index contributed by atoms with van der Waals surface area (Å²) in [6.07, 6.45) is 1.92. The van der Waals surface area contributed by atoms with Gasteiger partial charge in [0.05, 0.1) is 35.7 Å². The van der Waals surface area contributed by atoms with Gasteiger partial charge in [-0.2, -0.15) is 0 Å². The number of methoxy groups -OCH3 is 1. The van der Waals surface area contributed by atoms with Crippen LogP contribution in [0.3, 0.4) is 0 Å². The van der Waals surface area contributed by atoms with E-state index in [4.69, 9.17) is 23.7 Å². The lowest BCUT2D eigenvalue weighted by molar-refractivity contribution is -0.295. The summed E-state index contributed by atoms with van der Waals surface area (Å²) >= 11 is 0. The van der Waals surface area contributed by atoms with Gasteiger partial charge in [0.25, 0.3) is 0 Å². The number of nitrogens with one attached hydrogen (secondary N) is 1. The molecule has 16 nitrogen and oxygen atoms in total. The topological polar surface area (TPSA) is 180 Å². The van der Waals surface area contributed by atoms with E-state index in [-0.39, 0.29) is 61.2 Å². The first-order valence-electron chi connectivity index (χ1n) is 20.9. The van der Waals surface area contributed by atoms with Crippen molar-refractivity contribution in [2.24, 2.45) is 17.8 Å². The van der Waals surface area contributed by atoms with Crippen molar-refractivity contribution >= 4 is 17.8 Å². The Kier molecular flexibility index (Phi) is 23.8. The van der Waals surface area contributed by atoms with Crippen molar-refractivity contribution in [2.45, 2.75) is 191 Å². The Morgan fingerprint density at radius 1 is 0.984 bits per heavy atom. The van der Waals surface area contributed by atoms with Gasteiger partial charge in [0.15, 0.2) is 17.7 Å². The fraction of sp³-hybridized carbons (Fsp3) is 0.787. The molecule has 364 valence electrons. The number of unbranched alkanes of at least 4 members (excludes halogenated alkanes) is 1. The van der Waals surface area contributed by atoms with E-state index in [0.29, 0.717) is 51.0 Å². The van der Waals surface area contributed by atoms with E-state index in [1.54, 1.807) is 29.8 Å². The number of carbonyl (C=O) groups is 3. The van der Waals surface area contributed by atoms with Crippen LogP contribution in [0.25, 0.3) is 11.4 Å². The number of hydrogen-bond donors (Lipinski definition) is 2. The van der Waals surface area contributed by atoms with Gasteiger partial charge < -0.3 is 39.0 Å². The van der Waals surface area contributed by atoms with Crippen molar-refractivity contribution in [3.05, 3.63) is 30.6 Å². The molecule has 4 unspecified atom stereocenters. The molecule has 0 aliphatic carbocycles. The average Bonchev–Trinajstić information content (AvgIpc) is 3.77. The largest absolute Gasteiger partial charge is 0.458 e. The first-order valence-corrected chi connectivity index (χ1v) is 20.9. The highest BCUT2D eigenvalue weighted by Gasteiger charge is 2.58. The second-order valence-corrected chi connectivity index (χ2v) is 17.4. The SMILES string of the molecule is C.C.C.C.C.CC[C@H]1OC(=O)C(C)C(=O)[C@@H](C)[C@@H](O[C@@H]2OC(C)CC(N(C)C)C2O)[C@](C)(OC)C[C@@H](C)CN[C@H](C)[C@H]2N(CCCCn3cc(-c4ccccn4)nn3)C(=O)O[C@]12C. The van der Waals surface area contributed by atoms with Crippen LogP contribution in [0.4, 0.5) is 4.79 Å². The maximum absolute atomic E-state index is 14.4. The number of ether oxygens (including phenoxy) is 5. The van der Waals surface area contributed by atoms with Gasteiger partial charge in [-0.25, -0.2) is 4.79 Å². The van der Waals surface area contributed by atoms with Crippen LogP contribution in [-0.4, -0.2) is 147 Å². The highest BCUT2D eigenvalue weighted by molar-refractivity contribution is 6.00. The van der Waals surface area contributed by atoms with E-state index in [1.807, 2.05) is 78.0 Å². The van der Waals surface area contributed by atoms with Crippen LogP contribution >= 0.6 is 0 Å². The molecule has 63 heavy (non-hydrogen) atoms. The van der Waals surface area contributed by atoms with Crippen molar-refractivity contribution in [1.29, 1.82) is 0 Å². The molecule has 2 N–H and O–H groups in total. The number of cyclic esters (lactones) is 1. The Balaban J connectivity index is 0.00000769. The number of aryl methyl sites for hydroxylation is 1. The lowest BCUT2D eigenvalue weighted by atomic mass is 9.78. The first kappa shape index (κ1) is 59.5. The molecule has 2 aromatic rings. The van der Waals surface area contributed by atoms with Crippen molar-refractivity contribution in [3.63, 3.8) is 0 Å². The minimum atomic E-state index is -1.23. The molecule has 3 saturated heterocycles. The fourth-order valence-electron chi connectivity index (χ4n) is 9.25. The maximum Gasteiger partial charge on any atom is 0.410 e. The number of nitrogens with zero attached hydrogens (tertiary/aromatic N) is 6. The van der Waals surface area contributed by atoms with Gasteiger partial charge in [0, 0.05) is 44.4 Å². The molecule has 0 saturated carbocycles.